The molecule has 0 rings (SSSR count). The van der Waals surface area contributed by atoms with Crippen LogP contribution in [0.1, 0.15) is 251 Å². The highest BCUT2D eigenvalue weighted by Gasteiger charge is 1.97. The molecule has 0 bridgehead atoms. The largest absolute Gasteiger partial charge is 0.330 e. The Bertz CT molecular complexity index is 388. The van der Waals surface area contributed by atoms with Crippen LogP contribution in [0.4, 0.5) is 0 Å². The molecule has 2 heteroatoms. The van der Waals surface area contributed by atoms with E-state index in [9.17, 15) is 0 Å². The van der Waals surface area contributed by atoms with E-state index in [-0.39, 0.29) is 12.4 Å². The normalized spacial score (nSPS) is 11.3. The number of rotatable bonds is 38. The summed E-state index contributed by atoms with van der Waals surface area (Å²) in [6.07, 6.45) is 55.8. The lowest BCUT2D eigenvalue weighted by molar-refractivity contribution is 0.510. The van der Waals surface area contributed by atoms with Crippen LogP contribution < -0.4 is 5.73 Å². The average Bonchev–Trinajstić information content (AvgIpc) is 2.98. The first-order valence-electron chi connectivity index (χ1n) is 20.1. The van der Waals surface area contributed by atoms with E-state index in [4.69, 9.17) is 5.73 Å². The smallest absolute Gasteiger partial charge is 0.00773 e. The molecule has 0 fully saturated rings. The molecule has 0 aliphatic heterocycles. The molecule has 42 heavy (non-hydrogen) atoms. The molecule has 0 aliphatic carbocycles. The van der Waals surface area contributed by atoms with E-state index in [0.717, 1.165) is 6.54 Å². The number of hydrogen-bond donors (Lipinski definition) is 1. The number of unbranched alkanes of at least 4 members (excludes halogenated alkanes) is 37. The first kappa shape index (κ1) is 44.4. The van der Waals surface area contributed by atoms with E-state index < -0.39 is 0 Å². The predicted molar refractivity (Wildman–Crippen MR) is 197 cm³/mol. The summed E-state index contributed by atoms with van der Waals surface area (Å²) in [5, 5.41) is 0. The van der Waals surface area contributed by atoms with Crippen LogP contribution in [-0.4, -0.2) is 6.54 Å². The minimum absolute atomic E-state index is 0. The maximum atomic E-state index is 5.55. The Labute approximate surface area is 274 Å². The maximum Gasteiger partial charge on any atom is -0.00773 e. The fourth-order valence-electron chi connectivity index (χ4n) is 6.58. The van der Waals surface area contributed by atoms with Crippen molar-refractivity contribution in [1.29, 1.82) is 0 Å². The van der Waals surface area contributed by atoms with Crippen LogP contribution in [0.2, 0.25) is 0 Å². The predicted octanol–water partition coefficient (Wildman–Crippen LogP) is 15.2. The monoisotopic (exact) mass is 614 g/mol. The molecule has 0 aromatic heterocycles. The summed E-state index contributed by atoms with van der Waals surface area (Å²) in [7, 11) is 0. The third kappa shape index (κ3) is 42.4. The van der Waals surface area contributed by atoms with Gasteiger partial charge >= 0.3 is 0 Å². The van der Waals surface area contributed by atoms with E-state index in [1.54, 1.807) is 0 Å². The van der Waals surface area contributed by atoms with Crippen molar-refractivity contribution in [2.75, 3.05) is 6.54 Å². The van der Waals surface area contributed by atoms with Gasteiger partial charge in [-0.1, -0.05) is 244 Å². The minimum Gasteiger partial charge on any atom is -0.330 e. The summed E-state index contributed by atoms with van der Waals surface area (Å²) in [4.78, 5) is 0. The summed E-state index contributed by atoms with van der Waals surface area (Å²) in [5.41, 5.74) is 5.55. The van der Waals surface area contributed by atoms with Gasteiger partial charge in [0, 0.05) is 0 Å². The van der Waals surface area contributed by atoms with Crippen molar-refractivity contribution in [1.82, 2.24) is 0 Å². The third-order valence-corrected chi connectivity index (χ3v) is 9.56. The van der Waals surface area contributed by atoms with Gasteiger partial charge in [-0.05, 0) is 13.0 Å². The van der Waals surface area contributed by atoms with Crippen molar-refractivity contribution < 1.29 is 0 Å². The highest BCUT2D eigenvalue weighted by Crippen LogP contribution is 2.17. The average molecular weight is 615 g/mol. The highest BCUT2D eigenvalue weighted by atomic mass is 35.5. The van der Waals surface area contributed by atoms with Crippen molar-refractivity contribution in [3.8, 4) is 0 Å². The Morgan fingerprint density at radius 3 is 0.452 bits per heavy atom. The molecule has 256 valence electrons. The highest BCUT2D eigenvalue weighted by molar-refractivity contribution is 5.85. The summed E-state index contributed by atoms with van der Waals surface area (Å²) in [5.74, 6) is 0. The van der Waals surface area contributed by atoms with Crippen molar-refractivity contribution >= 4 is 12.4 Å². The molecule has 1 nitrogen and oxygen atoms in total. The van der Waals surface area contributed by atoms with Gasteiger partial charge in [0.15, 0.2) is 0 Å². The van der Waals surface area contributed by atoms with Gasteiger partial charge < -0.3 is 5.73 Å². The summed E-state index contributed by atoms with van der Waals surface area (Å²) in [6.45, 7) is 3.18. The zero-order valence-electron chi connectivity index (χ0n) is 29.6. The van der Waals surface area contributed by atoms with Crippen LogP contribution in [-0.2, 0) is 0 Å². The van der Waals surface area contributed by atoms with Crippen LogP contribution in [0.15, 0.2) is 0 Å². The molecule has 0 aliphatic rings. The fourth-order valence-corrected chi connectivity index (χ4v) is 6.58. The lowest BCUT2D eigenvalue weighted by Gasteiger charge is -2.05. The number of halogens is 1. The molecular formula is C40H84ClN. The van der Waals surface area contributed by atoms with E-state index in [1.165, 1.54) is 244 Å². The molecule has 2 N–H and O–H groups in total. The molecule has 0 amide bonds. The number of hydrogen-bond acceptors (Lipinski definition) is 1. The first-order valence-corrected chi connectivity index (χ1v) is 20.1. The van der Waals surface area contributed by atoms with Crippen molar-refractivity contribution in [2.24, 2.45) is 5.73 Å². The summed E-state index contributed by atoms with van der Waals surface area (Å²) < 4.78 is 0. The van der Waals surface area contributed by atoms with Gasteiger partial charge in [0.05, 0.1) is 0 Å². The molecular weight excluding hydrogens is 530 g/mol. The molecule has 0 aromatic rings. The van der Waals surface area contributed by atoms with Gasteiger partial charge in [-0.25, -0.2) is 0 Å². The van der Waals surface area contributed by atoms with E-state index in [0.29, 0.717) is 0 Å². The Hall–Kier alpha value is 0.250. The second-order valence-corrected chi connectivity index (χ2v) is 13.9. The second kappa shape index (κ2) is 43.4. The van der Waals surface area contributed by atoms with Crippen LogP contribution in [0.3, 0.4) is 0 Å². The molecule has 0 aromatic carbocycles. The Kier molecular flexibility index (Phi) is 45.8. The molecule has 0 spiro atoms. The number of nitrogens with two attached hydrogens (primary N) is 1. The SMILES string of the molecule is CCCCCCCCCCCCCCCCCCCCCCCCCCCCCCCCCCCCCCCCN.Cl. The minimum atomic E-state index is 0. The van der Waals surface area contributed by atoms with Crippen molar-refractivity contribution in [2.45, 2.75) is 251 Å². The molecule has 0 radical (unpaired) electrons. The van der Waals surface area contributed by atoms with Gasteiger partial charge in [0.1, 0.15) is 0 Å². The van der Waals surface area contributed by atoms with E-state index in [2.05, 4.69) is 6.92 Å². The van der Waals surface area contributed by atoms with Crippen LogP contribution in [0, 0.1) is 0 Å². The second-order valence-electron chi connectivity index (χ2n) is 13.9. The van der Waals surface area contributed by atoms with Crippen molar-refractivity contribution in [3.05, 3.63) is 0 Å². The summed E-state index contributed by atoms with van der Waals surface area (Å²) in [6, 6.07) is 0. The molecule has 0 heterocycles. The van der Waals surface area contributed by atoms with Crippen molar-refractivity contribution in [3.63, 3.8) is 0 Å². The lowest BCUT2D eigenvalue weighted by Crippen LogP contribution is -1.97. The quantitative estimate of drug-likeness (QED) is 0.0688. The van der Waals surface area contributed by atoms with Gasteiger partial charge in [0.2, 0.25) is 0 Å². The van der Waals surface area contributed by atoms with Crippen LogP contribution >= 0.6 is 12.4 Å². The van der Waals surface area contributed by atoms with E-state index >= 15 is 0 Å². The first-order chi connectivity index (χ1) is 20.4. The fraction of sp³-hybridized carbons (Fsp3) is 1.00. The third-order valence-electron chi connectivity index (χ3n) is 9.56. The Balaban J connectivity index is 0. The van der Waals surface area contributed by atoms with Crippen LogP contribution in [0.25, 0.3) is 0 Å². The summed E-state index contributed by atoms with van der Waals surface area (Å²) >= 11 is 0. The zero-order valence-corrected chi connectivity index (χ0v) is 30.4. The lowest BCUT2D eigenvalue weighted by atomic mass is 10.0. The van der Waals surface area contributed by atoms with Gasteiger partial charge in [-0.2, -0.15) is 0 Å². The van der Waals surface area contributed by atoms with Crippen LogP contribution in [0.5, 0.6) is 0 Å². The van der Waals surface area contributed by atoms with E-state index in [1.807, 2.05) is 0 Å². The molecule has 0 saturated heterocycles. The standard InChI is InChI=1S/C40H83N.ClH/c1-2-3-4-5-6-7-8-9-10-11-12-13-14-15-16-17-18-19-20-21-22-23-24-25-26-27-28-29-30-31-32-33-34-35-36-37-38-39-40-41;/h2-41H2,1H3;1H. The Morgan fingerprint density at radius 2 is 0.333 bits per heavy atom. The van der Waals surface area contributed by atoms with Gasteiger partial charge in [-0.3, -0.25) is 0 Å². The maximum absolute atomic E-state index is 5.55. The Morgan fingerprint density at radius 1 is 0.214 bits per heavy atom. The molecule has 0 saturated carbocycles. The topological polar surface area (TPSA) is 26.0 Å². The molecule has 0 unspecified atom stereocenters. The van der Waals surface area contributed by atoms with Gasteiger partial charge in [0.25, 0.3) is 0 Å². The van der Waals surface area contributed by atoms with Gasteiger partial charge in [-0.15, -0.1) is 12.4 Å². The molecule has 0 atom stereocenters. The zero-order chi connectivity index (χ0) is 29.6.